The topological polar surface area (TPSA) is 66.0 Å². The molecule has 9 heteroatoms. The molecule has 2 N–H and O–H groups in total. The minimum absolute atomic E-state index is 0.114. The Balaban J connectivity index is 1.56. The second kappa shape index (κ2) is 10.5. The molecule has 32 heavy (non-hydrogen) atoms. The van der Waals surface area contributed by atoms with Crippen LogP contribution in [0.25, 0.3) is 0 Å². The molecular weight excluding hydrogens is 421 g/mol. The Morgan fingerprint density at radius 1 is 1.22 bits per heavy atom. The molecule has 1 heterocycles. The summed E-state index contributed by atoms with van der Waals surface area (Å²) in [6.45, 7) is 3.50. The third kappa shape index (κ3) is 6.46. The van der Waals surface area contributed by atoms with E-state index in [1.807, 2.05) is 29.2 Å². The molecule has 3 rings (SSSR count). The Kier molecular flexibility index (Phi) is 7.74. The fourth-order valence-electron chi connectivity index (χ4n) is 3.57. The van der Waals surface area contributed by atoms with Crippen LogP contribution in [-0.2, 0) is 22.1 Å². The van der Waals surface area contributed by atoms with Gasteiger partial charge < -0.3 is 20.3 Å². The highest BCUT2D eigenvalue weighted by Crippen LogP contribution is 2.32. The number of guanidine groups is 1. The average Bonchev–Trinajstić information content (AvgIpc) is 2.77. The zero-order chi connectivity index (χ0) is 23.1. The van der Waals surface area contributed by atoms with Crippen LogP contribution >= 0.6 is 0 Å². The molecule has 2 aromatic rings. The summed E-state index contributed by atoms with van der Waals surface area (Å²) in [5, 5.41) is 6.05. The van der Waals surface area contributed by atoms with Gasteiger partial charge >= 0.3 is 6.18 Å². The van der Waals surface area contributed by atoms with Crippen LogP contribution in [0.4, 0.5) is 18.9 Å². The second-order valence-corrected chi connectivity index (χ2v) is 7.53. The predicted molar refractivity (Wildman–Crippen MR) is 118 cm³/mol. The molecule has 0 aromatic heterocycles. The van der Waals surface area contributed by atoms with Crippen molar-refractivity contribution in [3.63, 3.8) is 0 Å². The molecule has 172 valence electrons. The van der Waals surface area contributed by atoms with Crippen molar-refractivity contribution in [3.05, 3.63) is 65.2 Å². The lowest BCUT2D eigenvalue weighted by atomic mass is 10.0. The van der Waals surface area contributed by atoms with E-state index in [0.29, 0.717) is 37.8 Å². The highest BCUT2D eigenvalue weighted by molar-refractivity contribution is 5.88. The molecular formula is C23H27F3N4O2. The smallest absolute Gasteiger partial charge is 0.370 e. The first-order valence-corrected chi connectivity index (χ1v) is 10.4. The number of amides is 1. The number of nitrogens with zero attached hydrogens (tertiary/aromatic N) is 2. The van der Waals surface area contributed by atoms with Crippen LogP contribution in [0.2, 0.25) is 0 Å². The molecule has 1 aliphatic rings. The average molecular weight is 448 g/mol. The number of carbonyl (C=O) groups excluding carboxylic acids is 1. The number of alkyl halides is 3. The van der Waals surface area contributed by atoms with Crippen molar-refractivity contribution in [2.75, 3.05) is 38.6 Å². The largest absolute Gasteiger partial charge is 0.416 e. The summed E-state index contributed by atoms with van der Waals surface area (Å²) in [5.41, 5.74) is 1.67. The molecule has 1 saturated heterocycles. The quantitative estimate of drug-likeness (QED) is 0.539. The van der Waals surface area contributed by atoms with Crippen molar-refractivity contribution in [1.29, 1.82) is 0 Å². The lowest BCUT2D eigenvalue weighted by Crippen LogP contribution is -2.48. The van der Waals surface area contributed by atoms with Gasteiger partial charge in [0.05, 0.1) is 18.7 Å². The number of carbonyl (C=O) groups is 1. The number of ether oxygens (including phenoxy) is 1. The number of anilines is 1. The zero-order valence-corrected chi connectivity index (χ0v) is 18.1. The predicted octanol–water partition coefficient (Wildman–Crippen LogP) is 3.86. The van der Waals surface area contributed by atoms with Crippen LogP contribution in [0.5, 0.6) is 0 Å². The molecule has 0 bridgehead atoms. The van der Waals surface area contributed by atoms with Gasteiger partial charge in [0.15, 0.2) is 5.96 Å². The summed E-state index contributed by atoms with van der Waals surface area (Å²) < 4.78 is 44.9. The minimum Gasteiger partial charge on any atom is -0.370 e. The van der Waals surface area contributed by atoms with Gasteiger partial charge in [-0.2, -0.15) is 13.2 Å². The van der Waals surface area contributed by atoms with Crippen molar-refractivity contribution >= 4 is 17.6 Å². The second-order valence-electron chi connectivity index (χ2n) is 7.53. The lowest BCUT2D eigenvalue weighted by molar-refractivity contribution is -0.137. The molecule has 1 aliphatic heterocycles. The summed E-state index contributed by atoms with van der Waals surface area (Å²) in [4.78, 5) is 17.4. The van der Waals surface area contributed by atoms with E-state index in [1.165, 1.54) is 13.0 Å². The van der Waals surface area contributed by atoms with Crippen molar-refractivity contribution in [3.8, 4) is 0 Å². The number of benzene rings is 2. The SMILES string of the molecule is CN=C(NCCc1ccc(NC(C)=O)cc1)N1CCOC(c2cccc(C(F)(F)F)c2)C1. The van der Waals surface area contributed by atoms with Crippen molar-refractivity contribution < 1.29 is 22.7 Å². The normalized spacial score (nSPS) is 17.2. The number of rotatable bonds is 5. The van der Waals surface area contributed by atoms with E-state index >= 15 is 0 Å². The molecule has 0 radical (unpaired) electrons. The summed E-state index contributed by atoms with van der Waals surface area (Å²) in [7, 11) is 1.68. The van der Waals surface area contributed by atoms with Gasteiger partial charge in [0, 0.05) is 32.7 Å². The molecule has 0 spiro atoms. The van der Waals surface area contributed by atoms with Crippen LogP contribution in [0.3, 0.4) is 0 Å². The van der Waals surface area contributed by atoms with E-state index in [-0.39, 0.29) is 5.91 Å². The van der Waals surface area contributed by atoms with Crippen LogP contribution in [0.15, 0.2) is 53.5 Å². The van der Waals surface area contributed by atoms with Gasteiger partial charge in [-0.05, 0) is 41.8 Å². The Labute approximate surface area is 185 Å². The molecule has 1 atom stereocenters. The summed E-state index contributed by atoms with van der Waals surface area (Å²) in [6, 6.07) is 12.9. The fraction of sp³-hybridized carbons (Fsp3) is 0.391. The van der Waals surface area contributed by atoms with E-state index in [0.717, 1.165) is 29.8 Å². The summed E-state index contributed by atoms with van der Waals surface area (Å²) in [6.07, 6.45) is -4.10. The molecule has 0 aliphatic carbocycles. The Bertz CT molecular complexity index is 945. The van der Waals surface area contributed by atoms with Gasteiger partial charge in [-0.3, -0.25) is 9.79 Å². The maximum Gasteiger partial charge on any atom is 0.416 e. The number of aliphatic imine (C=N–C) groups is 1. The minimum atomic E-state index is -4.39. The maximum atomic E-state index is 13.1. The van der Waals surface area contributed by atoms with Gasteiger partial charge in [0.25, 0.3) is 0 Å². The number of hydrogen-bond acceptors (Lipinski definition) is 3. The van der Waals surface area contributed by atoms with Crippen molar-refractivity contribution in [2.45, 2.75) is 25.6 Å². The van der Waals surface area contributed by atoms with Crippen molar-refractivity contribution in [1.82, 2.24) is 10.2 Å². The third-order valence-corrected chi connectivity index (χ3v) is 5.13. The first kappa shape index (κ1) is 23.6. The molecule has 1 fully saturated rings. The van der Waals surface area contributed by atoms with Gasteiger partial charge in [-0.25, -0.2) is 0 Å². The number of hydrogen-bond donors (Lipinski definition) is 2. The number of morpholine rings is 1. The van der Waals surface area contributed by atoms with Crippen LogP contribution in [0, 0.1) is 0 Å². The van der Waals surface area contributed by atoms with E-state index < -0.39 is 17.8 Å². The van der Waals surface area contributed by atoms with Gasteiger partial charge in [0.2, 0.25) is 5.91 Å². The van der Waals surface area contributed by atoms with Crippen LogP contribution < -0.4 is 10.6 Å². The zero-order valence-electron chi connectivity index (χ0n) is 18.1. The van der Waals surface area contributed by atoms with Crippen LogP contribution in [0.1, 0.15) is 29.7 Å². The maximum absolute atomic E-state index is 13.1. The molecule has 0 saturated carbocycles. The van der Waals surface area contributed by atoms with Crippen LogP contribution in [-0.4, -0.2) is 50.1 Å². The molecule has 1 unspecified atom stereocenters. The number of nitrogens with one attached hydrogen (secondary N) is 2. The monoisotopic (exact) mass is 448 g/mol. The fourth-order valence-corrected chi connectivity index (χ4v) is 3.57. The first-order valence-electron chi connectivity index (χ1n) is 10.4. The standard InChI is InChI=1S/C23H27F3N4O2/c1-16(31)29-20-8-6-17(7-9-20)10-11-28-22(27-2)30-12-13-32-21(15-30)18-4-3-5-19(14-18)23(24,25)26/h3-9,14,21H,10-13,15H2,1-2H3,(H,27,28)(H,29,31). The highest BCUT2D eigenvalue weighted by atomic mass is 19.4. The number of halogens is 3. The third-order valence-electron chi connectivity index (χ3n) is 5.13. The van der Waals surface area contributed by atoms with Gasteiger partial charge in [-0.15, -0.1) is 0 Å². The Morgan fingerprint density at radius 2 is 1.97 bits per heavy atom. The summed E-state index contributed by atoms with van der Waals surface area (Å²) >= 11 is 0. The Hall–Kier alpha value is -3.07. The molecule has 2 aromatic carbocycles. The Morgan fingerprint density at radius 3 is 2.62 bits per heavy atom. The van der Waals surface area contributed by atoms with E-state index in [4.69, 9.17) is 4.74 Å². The lowest BCUT2D eigenvalue weighted by Gasteiger charge is -2.35. The van der Waals surface area contributed by atoms with Gasteiger partial charge in [-0.1, -0.05) is 24.3 Å². The first-order chi connectivity index (χ1) is 15.3. The summed E-state index contributed by atoms with van der Waals surface area (Å²) in [5.74, 6) is 0.567. The van der Waals surface area contributed by atoms with E-state index in [2.05, 4.69) is 15.6 Å². The molecule has 6 nitrogen and oxygen atoms in total. The molecule has 1 amide bonds. The van der Waals surface area contributed by atoms with E-state index in [1.54, 1.807) is 13.1 Å². The highest BCUT2D eigenvalue weighted by Gasteiger charge is 2.32. The van der Waals surface area contributed by atoms with Gasteiger partial charge in [0.1, 0.15) is 6.10 Å². The van der Waals surface area contributed by atoms with Crippen molar-refractivity contribution in [2.24, 2.45) is 4.99 Å². The van der Waals surface area contributed by atoms with E-state index in [9.17, 15) is 18.0 Å².